The maximum absolute atomic E-state index is 11.5. The van der Waals surface area contributed by atoms with Gasteiger partial charge in [-0.05, 0) is 0 Å². The summed E-state index contributed by atoms with van der Waals surface area (Å²) >= 11 is 0. The number of ether oxygens (including phenoxy) is 5. The second-order valence-corrected chi connectivity index (χ2v) is 4.08. The summed E-state index contributed by atoms with van der Waals surface area (Å²) in [7, 11) is 0. The molecule has 8 nitrogen and oxygen atoms in total. The second kappa shape index (κ2) is 8.96. The van der Waals surface area contributed by atoms with Crippen LogP contribution in [-0.4, -0.2) is 50.3 Å². The second-order valence-electron chi connectivity index (χ2n) is 4.08. The van der Waals surface area contributed by atoms with E-state index in [4.69, 9.17) is 14.2 Å². The minimum absolute atomic E-state index is 0.0724. The fraction of sp³-hybridized carbons (Fsp3) is 0.615. The monoisotopic (exact) mass is 302 g/mol. The molecule has 1 heterocycles. The van der Waals surface area contributed by atoms with Gasteiger partial charge in [-0.3, -0.25) is 4.79 Å². The van der Waals surface area contributed by atoms with Crippen LogP contribution in [-0.2, 0) is 33.3 Å². The minimum Gasteiger partial charge on any atom is -0.462 e. The topological polar surface area (TPSA) is 97.4 Å². The average Bonchev–Trinajstić information content (AvgIpc) is 2.88. The first-order chi connectivity index (χ1) is 10.0. The number of rotatable bonds is 9. The van der Waals surface area contributed by atoms with Crippen LogP contribution in [0, 0.1) is 0 Å². The molecule has 2 unspecified atom stereocenters. The number of carbonyl (C=O) groups is 3. The third-order valence-corrected chi connectivity index (χ3v) is 2.43. The molecule has 0 aromatic heterocycles. The summed E-state index contributed by atoms with van der Waals surface area (Å²) in [6.07, 6.45) is -0.641. The number of hydrogen-bond acceptors (Lipinski definition) is 8. The SMILES string of the molecule is C=CC(=O)OCCC(=O)OC(CC)OCC1COC(=O)O1. The van der Waals surface area contributed by atoms with Gasteiger partial charge in [-0.1, -0.05) is 13.5 Å². The molecule has 0 saturated carbocycles. The zero-order valence-corrected chi connectivity index (χ0v) is 11.7. The van der Waals surface area contributed by atoms with Crippen LogP contribution in [0.4, 0.5) is 4.79 Å². The summed E-state index contributed by atoms with van der Waals surface area (Å²) in [6, 6.07) is 0. The van der Waals surface area contributed by atoms with Crippen molar-refractivity contribution < 1.29 is 38.1 Å². The van der Waals surface area contributed by atoms with E-state index in [0.717, 1.165) is 6.08 Å². The third-order valence-electron chi connectivity index (χ3n) is 2.43. The van der Waals surface area contributed by atoms with Gasteiger partial charge in [0, 0.05) is 12.5 Å². The van der Waals surface area contributed by atoms with E-state index in [1.165, 1.54) is 0 Å². The summed E-state index contributed by atoms with van der Waals surface area (Å²) < 4.78 is 24.4. The fourth-order valence-corrected chi connectivity index (χ4v) is 1.40. The standard InChI is InChI=1S/C13H18O8/c1-3-10(14)17-6-5-11(15)21-12(4-2)18-7-9-8-19-13(16)20-9/h3,9,12H,1,4-8H2,2H3. The molecule has 1 rings (SSSR count). The fourth-order valence-electron chi connectivity index (χ4n) is 1.40. The molecule has 8 heteroatoms. The maximum atomic E-state index is 11.5. The Balaban J connectivity index is 2.19. The number of hydrogen-bond donors (Lipinski definition) is 0. The molecule has 0 radical (unpaired) electrons. The van der Waals surface area contributed by atoms with Crippen LogP contribution in [0.1, 0.15) is 19.8 Å². The van der Waals surface area contributed by atoms with Gasteiger partial charge in [-0.25, -0.2) is 9.59 Å². The Kier molecular flexibility index (Phi) is 7.24. The van der Waals surface area contributed by atoms with E-state index in [1.54, 1.807) is 6.92 Å². The lowest BCUT2D eigenvalue weighted by Crippen LogP contribution is -2.27. The Labute approximate surface area is 121 Å². The lowest BCUT2D eigenvalue weighted by molar-refractivity contribution is -0.184. The van der Waals surface area contributed by atoms with Crippen LogP contribution >= 0.6 is 0 Å². The minimum atomic E-state index is -0.757. The molecule has 0 N–H and O–H groups in total. The number of esters is 2. The van der Waals surface area contributed by atoms with Crippen molar-refractivity contribution in [1.82, 2.24) is 0 Å². The number of carbonyl (C=O) groups excluding carboxylic acids is 3. The highest BCUT2D eigenvalue weighted by molar-refractivity contribution is 5.81. The zero-order chi connectivity index (χ0) is 15.7. The van der Waals surface area contributed by atoms with E-state index in [9.17, 15) is 14.4 Å². The first-order valence-electron chi connectivity index (χ1n) is 6.48. The zero-order valence-electron chi connectivity index (χ0n) is 11.7. The molecular weight excluding hydrogens is 284 g/mol. The van der Waals surface area contributed by atoms with Gasteiger partial charge in [-0.15, -0.1) is 0 Å². The van der Waals surface area contributed by atoms with E-state index < -0.39 is 30.5 Å². The first kappa shape index (κ1) is 17.0. The Morgan fingerprint density at radius 3 is 2.86 bits per heavy atom. The van der Waals surface area contributed by atoms with Crippen LogP contribution < -0.4 is 0 Å². The Bertz CT molecular complexity index is 392. The van der Waals surface area contributed by atoms with Gasteiger partial charge in [0.1, 0.15) is 13.2 Å². The van der Waals surface area contributed by atoms with E-state index in [0.29, 0.717) is 6.42 Å². The van der Waals surface area contributed by atoms with Gasteiger partial charge < -0.3 is 23.7 Å². The van der Waals surface area contributed by atoms with E-state index in [-0.39, 0.29) is 26.2 Å². The molecule has 0 aromatic carbocycles. The molecule has 1 aliphatic heterocycles. The van der Waals surface area contributed by atoms with Crippen molar-refractivity contribution in [2.24, 2.45) is 0 Å². The Morgan fingerprint density at radius 2 is 2.29 bits per heavy atom. The van der Waals surface area contributed by atoms with Crippen molar-refractivity contribution in [2.75, 3.05) is 19.8 Å². The van der Waals surface area contributed by atoms with Gasteiger partial charge in [0.15, 0.2) is 6.10 Å². The van der Waals surface area contributed by atoms with E-state index >= 15 is 0 Å². The quantitative estimate of drug-likeness (QED) is 0.268. The lowest BCUT2D eigenvalue weighted by Gasteiger charge is -2.18. The predicted molar refractivity (Wildman–Crippen MR) is 68.1 cm³/mol. The summed E-state index contributed by atoms with van der Waals surface area (Å²) in [5.74, 6) is -1.16. The Morgan fingerprint density at radius 1 is 1.52 bits per heavy atom. The van der Waals surface area contributed by atoms with Gasteiger partial charge in [-0.2, -0.15) is 0 Å². The van der Waals surface area contributed by atoms with E-state index in [1.807, 2.05) is 0 Å². The van der Waals surface area contributed by atoms with Crippen LogP contribution in [0.3, 0.4) is 0 Å². The smallest absolute Gasteiger partial charge is 0.462 e. The highest BCUT2D eigenvalue weighted by Gasteiger charge is 2.26. The van der Waals surface area contributed by atoms with Crippen molar-refractivity contribution >= 4 is 18.1 Å². The highest BCUT2D eigenvalue weighted by atomic mass is 16.8. The highest BCUT2D eigenvalue weighted by Crippen LogP contribution is 2.10. The molecule has 1 fully saturated rings. The summed E-state index contributed by atoms with van der Waals surface area (Å²) in [6.45, 7) is 5.10. The van der Waals surface area contributed by atoms with Crippen molar-refractivity contribution in [2.45, 2.75) is 32.2 Å². The third kappa shape index (κ3) is 6.75. The van der Waals surface area contributed by atoms with Gasteiger partial charge in [0.25, 0.3) is 0 Å². The van der Waals surface area contributed by atoms with Crippen LogP contribution in [0.2, 0.25) is 0 Å². The van der Waals surface area contributed by atoms with Crippen molar-refractivity contribution in [3.63, 3.8) is 0 Å². The summed E-state index contributed by atoms with van der Waals surface area (Å²) in [5.41, 5.74) is 0. The van der Waals surface area contributed by atoms with Gasteiger partial charge in [0.2, 0.25) is 6.29 Å². The molecule has 2 atom stereocenters. The van der Waals surface area contributed by atoms with Crippen LogP contribution in [0.25, 0.3) is 0 Å². The molecule has 0 aliphatic carbocycles. The molecular formula is C13H18O8. The Hall–Kier alpha value is -2.09. The molecule has 0 spiro atoms. The lowest BCUT2D eigenvalue weighted by atomic mass is 10.4. The first-order valence-corrected chi connectivity index (χ1v) is 6.48. The van der Waals surface area contributed by atoms with Crippen molar-refractivity contribution in [1.29, 1.82) is 0 Å². The summed E-state index contributed by atoms with van der Waals surface area (Å²) in [5, 5.41) is 0. The normalized spacial score (nSPS) is 18.3. The van der Waals surface area contributed by atoms with Crippen LogP contribution in [0.15, 0.2) is 12.7 Å². The largest absolute Gasteiger partial charge is 0.508 e. The average molecular weight is 302 g/mol. The predicted octanol–water partition coefficient (Wildman–Crippen LogP) is 0.937. The molecule has 0 amide bonds. The molecule has 0 aromatic rings. The molecule has 21 heavy (non-hydrogen) atoms. The van der Waals surface area contributed by atoms with Crippen molar-refractivity contribution in [3.8, 4) is 0 Å². The van der Waals surface area contributed by atoms with Gasteiger partial charge >= 0.3 is 18.1 Å². The molecule has 118 valence electrons. The number of cyclic esters (lactones) is 2. The maximum Gasteiger partial charge on any atom is 0.508 e. The van der Waals surface area contributed by atoms with Crippen LogP contribution in [0.5, 0.6) is 0 Å². The van der Waals surface area contributed by atoms with Crippen molar-refractivity contribution in [3.05, 3.63) is 12.7 Å². The van der Waals surface area contributed by atoms with E-state index in [2.05, 4.69) is 16.1 Å². The van der Waals surface area contributed by atoms with Gasteiger partial charge in [0.05, 0.1) is 13.0 Å². The summed E-state index contributed by atoms with van der Waals surface area (Å²) in [4.78, 5) is 33.0. The molecule has 1 saturated heterocycles. The molecule has 1 aliphatic rings. The molecule has 0 bridgehead atoms.